The average molecular weight is 250 g/mol. The second kappa shape index (κ2) is 4.95. The van der Waals surface area contributed by atoms with Gasteiger partial charge in [-0.15, -0.1) is 0 Å². The van der Waals surface area contributed by atoms with Crippen LogP contribution in [-0.4, -0.2) is 9.97 Å². The van der Waals surface area contributed by atoms with Crippen molar-refractivity contribution in [3.8, 4) is 0 Å². The van der Waals surface area contributed by atoms with Crippen LogP contribution in [0.1, 0.15) is 11.5 Å². The summed E-state index contributed by atoms with van der Waals surface area (Å²) in [6.07, 6.45) is 1.60. The zero-order chi connectivity index (χ0) is 13.1. The molecule has 94 valence electrons. The van der Waals surface area contributed by atoms with Crippen LogP contribution < -0.4 is 11.1 Å². The molecule has 1 heterocycles. The maximum Gasteiger partial charge on any atom is 0.183 e. The first kappa shape index (κ1) is 12.2. The molecule has 2 aromatic rings. The summed E-state index contributed by atoms with van der Waals surface area (Å²) < 4.78 is 26.5. The van der Waals surface area contributed by atoms with Gasteiger partial charge in [0.1, 0.15) is 5.82 Å². The Morgan fingerprint density at radius 3 is 2.78 bits per heavy atom. The summed E-state index contributed by atoms with van der Waals surface area (Å²) in [5.41, 5.74) is 6.36. The molecule has 0 unspecified atom stereocenters. The molecular weight excluding hydrogens is 238 g/mol. The number of nitrogens with zero attached hydrogens (tertiary/aromatic N) is 2. The number of rotatable bonds is 3. The maximum absolute atomic E-state index is 13.5. The fourth-order valence-corrected chi connectivity index (χ4v) is 1.53. The highest BCUT2D eigenvalue weighted by Crippen LogP contribution is 2.24. The number of halogens is 2. The minimum atomic E-state index is -0.985. The SMILES string of the molecule is Cc1nccc(CNc2c(N)ccc(F)c2F)n1. The molecule has 0 radical (unpaired) electrons. The van der Waals surface area contributed by atoms with Crippen LogP contribution in [0.2, 0.25) is 0 Å². The molecule has 1 aromatic carbocycles. The second-order valence-corrected chi connectivity index (χ2v) is 3.77. The minimum absolute atomic E-state index is 0.0498. The summed E-state index contributed by atoms with van der Waals surface area (Å²) in [4.78, 5) is 8.09. The van der Waals surface area contributed by atoms with Gasteiger partial charge in [0.2, 0.25) is 0 Å². The van der Waals surface area contributed by atoms with Gasteiger partial charge in [0.05, 0.1) is 23.6 Å². The van der Waals surface area contributed by atoms with Gasteiger partial charge in [0.15, 0.2) is 11.6 Å². The van der Waals surface area contributed by atoms with Gasteiger partial charge >= 0.3 is 0 Å². The summed E-state index contributed by atoms with van der Waals surface area (Å²) in [5, 5.41) is 2.74. The number of nitrogens with one attached hydrogen (secondary N) is 1. The van der Waals surface area contributed by atoms with E-state index in [4.69, 9.17) is 5.73 Å². The van der Waals surface area contributed by atoms with E-state index in [1.807, 2.05) is 0 Å². The van der Waals surface area contributed by atoms with E-state index in [2.05, 4.69) is 15.3 Å². The van der Waals surface area contributed by atoms with Crippen molar-refractivity contribution in [2.24, 2.45) is 0 Å². The molecule has 1 aromatic heterocycles. The molecule has 0 atom stereocenters. The van der Waals surface area contributed by atoms with Gasteiger partial charge < -0.3 is 11.1 Å². The van der Waals surface area contributed by atoms with Gasteiger partial charge in [-0.1, -0.05) is 0 Å². The fourth-order valence-electron chi connectivity index (χ4n) is 1.53. The van der Waals surface area contributed by atoms with E-state index >= 15 is 0 Å². The quantitative estimate of drug-likeness (QED) is 0.820. The number of aromatic nitrogens is 2. The van der Waals surface area contributed by atoms with Crippen molar-refractivity contribution in [2.45, 2.75) is 13.5 Å². The molecule has 4 nitrogen and oxygen atoms in total. The Morgan fingerprint density at radius 1 is 1.28 bits per heavy atom. The summed E-state index contributed by atoms with van der Waals surface area (Å²) in [6.45, 7) is 1.99. The van der Waals surface area contributed by atoms with Gasteiger partial charge in [-0.2, -0.15) is 0 Å². The summed E-state index contributed by atoms with van der Waals surface area (Å²) >= 11 is 0. The molecule has 6 heteroatoms. The lowest BCUT2D eigenvalue weighted by Crippen LogP contribution is -2.08. The van der Waals surface area contributed by atoms with Gasteiger partial charge in [0.25, 0.3) is 0 Å². The molecule has 3 N–H and O–H groups in total. The molecule has 0 aliphatic carbocycles. The smallest absolute Gasteiger partial charge is 0.183 e. The van der Waals surface area contributed by atoms with Crippen molar-refractivity contribution >= 4 is 11.4 Å². The molecule has 0 aliphatic heterocycles. The van der Waals surface area contributed by atoms with Gasteiger partial charge in [-0.05, 0) is 25.1 Å². The fraction of sp³-hybridized carbons (Fsp3) is 0.167. The van der Waals surface area contributed by atoms with E-state index in [0.29, 0.717) is 11.5 Å². The van der Waals surface area contributed by atoms with Crippen LogP contribution >= 0.6 is 0 Å². The van der Waals surface area contributed by atoms with Crippen LogP contribution in [0.25, 0.3) is 0 Å². The Balaban J connectivity index is 2.18. The van der Waals surface area contributed by atoms with Crippen LogP contribution in [0.5, 0.6) is 0 Å². The van der Waals surface area contributed by atoms with Crippen molar-refractivity contribution in [3.63, 3.8) is 0 Å². The molecule has 0 saturated carbocycles. The Hall–Kier alpha value is -2.24. The summed E-state index contributed by atoms with van der Waals surface area (Å²) in [5.74, 6) is -1.31. The third-order valence-electron chi connectivity index (χ3n) is 2.41. The highest BCUT2D eigenvalue weighted by Gasteiger charge is 2.11. The number of hydrogen-bond donors (Lipinski definition) is 2. The predicted molar refractivity (Wildman–Crippen MR) is 64.9 cm³/mol. The van der Waals surface area contributed by atoms with Crippen molar-refractivity contribution in [2.75, 3.05) is 11.1 Å². The Bertz CT molecular complexity index is 572. The number of hydrogen-bond acceptors (Lipinski definition) is 4. The lowest BCUT2D eigenvalue weighted by atomic mass is 10.2. The highest BCUT2D eigenvalue weighted by molar-refractivity contribution is 5.66. The third-order valence-corrected chi connectivity index (χ3v) is 2.41. The summed E-state index contributed by atoms with van der Waals surface area (Å²) in [6, 6.07) is 3.99. The minimum Gasteiger partial charge on any atom is -0.397 e. The average Bonchev–Trinajstić information content (AvgIpc) is 2.34. The Morgan fingerprint density at radius 2 is 2.06 bits per heavy atom. The molecule has 0 spiro atoms. The van der Waals surface area contributed by atoms with Crippen molar-refractivity contribution < 1.29 is 8.78 Å². The van der Waals surface area contributed by atoms with Gasteiger partial charge in [0, 0.05) is 6.20 Å². The first-order valence-corrected chi connectivity index (χ1v) is 5.34. The van der Waals surface area contributed by atoms with Crippen LogP contribution in [0.3, 0.4) is 0 Å². The number of benzene rings is 1. The van der Waals surface area contributed by atoms with Crippen LogP contribution in [-0.2, 0) is 6.54 Å². The largest absolute Gasteiger partial charge is 0.397 e. The monoisotopic (exact) mass is 250 g/mol. The van der Waals surface area contributed by atoms with Crippen LogP contribution in [0.4, 0.5) is 20.2 Å². The zero-order valence-electron chi connectivity index (χ0n) is 9.74. The molecule has 2 rings (SSSR count). The van der Waals surface area contributed by atoms with E-state index in [1.165, 1.54) is 6.07 Å². The lowest BCUT2D eigenvalue weighted by molar-refractivity contribution is 0.511. The van der Waals surface area contributed by atoms with E-state index < -0.39 is 11.6 Å². The maximum atomic E-state index is 13.5. The van der Waals surface area contributed by atoms with E-state index in [9.17, 15) is 8.78 Å². The Labute approximate surface area is 103 Å². The van der Waals surface area contributed by atoms with E-state index in [1.54, 1.807) is 19.2 Å². The van der Waals surface area contributed by atoms with Crippen molar-refractivity contribution in [3.05, 3.63) is 47.5 Å². The standard InChI is InChI=1S/C12H12F2N4/c1-7-16-5-4-8(18-7)6-17-12-10(15)3-2-9(13)11(12)14/h2-5,17H,6,15H2,1H3. The number of anilines is 2. The number of nitrogens with two attached hydrogens (primary N) is 1. The van der Waals surface area contributed by atoms with Gasteiger partial charge in [-0.3, -0.25) is 0 Å². The molecule has 0 aliphatic rings. The number of nitrogen functional groups attached to an aromatic ring is 1. The Kier molecular flexibility index (Phi) is 3.36. The molecule has 0 saturated heterocycles. The highest BCUT2D eigenvalue weighted by atomic mass is 19.2. The topological polar surface area (TPSA) is 63.8 Å². The molecule has 0 bridgehead atoms. The lowest BCUT2D eigenvalue weighted by Gasteiger charge is -2.10. The number of aryl methyl sites for hydroxylation is 1. The summed E-state index contributed by atoms with van der Waals surface area (Å²) in [7, 11) is 0. The van der Waals surface area contributed by atoms with E-state index in [0.717, 1.165) is 6.07 Å². The van der Waals surface area contributed by atoms with Gasteiger partial charge in [-0.25, -0.2) is 18.7 Å². The predicted octanol–water partition coefficient (Wildman–Crippen LogP) is 2.26. The molecule has 18 heavy (non-hydrogen) atoms. The van der Waals surface area contributed by atoms with Crippen LogP contribution in [0, 0.1) is 18.6 Å². The first-order chi connectivity index (χ1) is 8.58. The van der Waals surface area contributed by atoms with Crippen molar-refractivity contribution in [1.29, 1.82) is 0 Å². The van der Waals surface area contributed by atoms with Crippen LogP contribution in [0.15, 0.2) is 24.4 Å². The van der Waals surface area contributed by atoms with Crippen molar-refractivity contribution in [1.82, 2.24) is 9.97 Å². The normalized spacial score (nSPS) is 10.4. The molecular formula is C12H12F2N4. The first-order valence-electron chi connectivity index (χ1n) is 5.34. The molecule has 0 amide bonds. The van der Waals surface area contributed by atoms with E-state index in [-0.39, 0.29) is 17.9 Å². The third kappa shape index (κ3) is 2.53. The second-order valence-electron chi connectivity index (χ2n) is 3.77. The zero-order valence-corrected chi connectivity index (χ0v) is 9.74. The molecule has 0 fully saturated rings.